The predicted octanol–water partition coefficient (Wildman–Crippen LogP) is 0.321. The van der Waals surface area contributed by atoms with Gasteiger partial charge in [0.05, 0.1) is 6.10 Å². The highest BCUT2D eigenvalue weighted by molar-refractivity contribution is 5.41. The molecule has 0 spiro atoms. The molecule has 1 rings (SSSR count). The van der Waals surface area contributed by atoms with Gasteiger partial charge < -0.3 is 25.6 Å². The molecular weight excluding hydrogens is 232 g/mol. The maximum absolute atomic E-state index is 9.78. The number of aliphatic hydroxyl groups is 2. The minimum Gasteiger partial charge on any atom is -0.491 e. The van der Waals surface area contributed by atoms with Gasteiger partial charge in [-0.1, -0.05) is 0 Å². The highest BCUT2D eigenvalue weighted by Gasteiger charge is 2.10. The lowest BCUT2D eigenvalue weighted by molar-refractivity contribution is 0.0598. The van der Waals surface area contributed by atoms with Gasteiger partial charge in [0.2, 0.25) is 0 Å². The third kappa shape index (κ3) is 5.86. The minimum atomic E-state index is -0.591. The van der Waals surface area contributed by atoms with Crippen LogP contribution in [0.2, 0.25) is 0 Å². The van der Waals surface area contributed by atoms with E-state index in [2.05, 4.69) is 0 Å². The van der Waals surface area contributed by atoms with Crippen LogP contribution in [0.4, 0.5) is 5.69 Å². The van der Waals surface area contributed by atoms with Gasteiger partial charge in [0, 0.05) is 18.8 Å². The molecule has 18 heavy (non-hydrogen) atoms. The number of aliphatic hydroxyl groups excluding tert-OH is 2. The summed E-state index contributed by atoms with van der Waals surface area (Å²) in [6.07, 6.45) is -0.994. The van der Waals surface area contributed by atoms with Gasteiger partial charge in [-0.25, -0.2) is 0 Å². The Hall–Kier alpha value is -1.30. The van der Waals surface area contributed by atoms with Crippen LogP contribution in [0.15, 0.2) is 24.3 Å². The Morgan fingerprint density at radius 1 is 1.22 bits per heavy atom. The zero-order valence-corrected chi connectivity index (χ0v) is 10.9. The Morgan fingerprint density at radius 2 is 1.83 bits per heavy atom. The van der Waals surface area contributed by atoms with E-state index in [9.17, 15) is 10.2 Å². The molecule has 0 amide bonds. The molecule has 0 saturated heterocycles. The summed E-state index contributed by atoms with van der Waals surface area (Å²) in [5.41, 5.74) is 6.24. The van der Waals surface area contributed by atoms with E-state index >= 15 is 0 Å². The van der Waals surface area contributed by atoms with E-state index in [-0.39, 0.29) is 6.61 Å². The van der Waals surface area contributed by atoms with Crippen molar-refractivity contribution in [3.05, 3.63) is 24.3 Å². The zero-order chi connectivity index (χ0) is 13.5. The molecular formula is C13H22N2O3. The summed E-state index contributed by atoms with van der Waals surface area (Å²) < 4.78 is 5.43. The first kappa shape index (κ1) is 14.8. The fraction of sp³-hybridized carbons (Fsp3) is 0.538. The number of hydrogen-bond donors (Lipinski definition) is 3. The molecule has 0 aromatic heterocycles. The lowest BCUT2D eigenvalue weighted by atomic mass is 10.3. The molecule has 0 aliphatic heterocycles. The van der Waals surface area contributed by atoms with Gasteiger partial charge in [-0.05, 0) is 38.2 Å². The first-order chi connectivity index (χ1) is 8.47. The van der Waals surface area contributed by atoms with Gasteiger partial charge in [-0.2, -0.15) is 0 Å². The molecule has 4 N–H and O–H groups in total. The van der Waals surface area contributed by atoms with E-state index in [0.717, 1.165) is 0 Å². The Kier molecular flexibility index (Phi) is 5.91. The molecule has 2 unspecified atom stereocenters. The second-order valence-corrected chi connectivity index (χ2v) is 4.60. The van der Waals surface area contributed by atoms with Gasteiger partial charge in [0.1, 0.15) is 18.5 Å². The molecule has 5 nitrogen and oxygen atoms in total. The third-order valence-corrected chi connectivity index (χ3v) is 2.42. The van der Waals surface area contributed by atoms with Gasteiger partial charge in [-0.15, -0.1) is 0 Å². The molecule has 0 heterocycles. The molecule has 5 heteroatoms. The number of nitrogens with zero attached hydrogens (tertiary/aromatic N) is 1. The van der Waals surface area contributed by atoms with E-state index in [1.54, 1.807) is 31.2 Å². The zero-order valence-electron chi connectivity index (χ0n) is 10.9. The van der Waals surface area contributed by atoms with Crippen molar-refractivity contribution in [2.45, 2.75) is 19.1 Å². The van der Waals surface area contributed by atoms with Crippen LogP contribution in [0.5, 0.6) is 5.75 Å². The maximum atomic E-state index is 9.78. The highest BCUT2D eigenvalue weighted by Crippen LogP contribution is 2.13. The second kappa shape index (κ2) is 7.20. The topological polar surface area (TPSA) is 79.0 Å². The number of hydrogen-bond acceptors (Lipinski definition) is 5. The molecule has 0 saturated carbocycles. The summed E-state index contributed by atoms with van der Waals surface area (Å²) >= 11 is 0. The summed E-state index contributed by atoms with van der Waals surface area (Å²) in [4.78, 5) is 1.86. The smallest absolute Gasteiger partial charge is 0.119 e. The van der Waals surface area contributed by atoms with Crippen molar-refractivity contribution in [2.24, 2.45) is 0 Å². The van der Waals surface area contributed by atoms with Crippen molar-refractivity contribution in [1.29, 1.82) is 0 Å². The normalized spacial score (nSPS) is 14.5. The number of nitrogens with two attached hydrogens (primary N) is 1. The number of benzene rings is 1. The maximum Gasteiger partial charge on any atom is 0.119 e. The fourth-order valence-corrected chi connectivity index (χ4v) is 1.69. The van der Waals surface area contributed by atoms with Crippen molar-refractivity contribution in [2.75, 3.05) is 32.5 Å². The molecule has 102 valence electrons. The predicted molar refractivity (Wildman–Crippen MR) is 71.5 cm³/mol. The third-order valence-electron chi connectivity index (χ3n) is 2.42. The van der Waals surface area contributed by atoms with E-state index in [0.29, 0.717) is 24.5 Å². The quantitative estimate of drug-likeness (QED) is 0.611. The van der Waals surface area contributed by atoms with Crippen LogP contribution in [-0.2, 0) is 0 Å². The molecule has 0 fully saturated rings. The first-order valence-electron chi connectivity index (χ1n) is 6.00. The lowest BCUT2D eigenvalue weighted by Crippen LogP contribution is -2.36. The number of anilines is 1. The van der Waals surface area contributed by atoms with E-state index in [1.807, 2.05) is 11.9 Å². The lowest BCUT2D eigenvalue weighted by Gasteiger charge is -2.21. The summed E-state index contributed by atoms with van der Waals surface area (Å²) in [6.45, 7) is 2.92. The van der Waals surface area contributed by atoms with E-state index in [4.69, 9.17) is 10.5 Å². The summed E-state index contributed by atoms with van der Waals surface area (Å²) in [6, 6.07) is 7.03. The van der Waals surface area contributed by atoms with Crippen molar-refractivity contribution >= 4 is 5.69 Å². The van der Waals surface area contributed by atoms with Crippen molar-refractivity contribution in [3.8, 4) is 5.75 Å². The second-order valence-electron chi connectivity index (χ2n) is 4.60. The van der Waals surface area contributed by atoms with Gasteiger partial charge >= 0.3 is 0 Å². The standard InChI is InChI=1S/C13H22N2O3/c1-10(16)7-15(2)8-12(17)9-18-13-5-3-11(14)4-6-13/h3-6,10,12,16-17H,7-9,14H2,1-2H3. The van der Waals surface area contributed by atoms with E-state index in [1.165, 1.54) is 0 Å². The Labute approximate surface area is 108 Å². The number of likely N-dealkylation sites (N-methyl/N-ethyl adjacent to an activating group) is 1. The molecule has 0 aliphatic rings. The van der Waals surface area contributed by atoms with E-state index < -0.39 is 12.2 Å². The minimum absolute atomic E-state index is 0.216. The number of nitrogen functional groups attached to an aromatic ring is 1. The molecule has 2 atom stereocenters. The Balaban J connectivity index is 2.28. The van der Waals surface area contributed by atoms with Crippen molar-refractivity contribution < 1.29 is 14.9 Å². The monoisotopic (exact) mass is 254 g/mol. The van der Waals surface area contributed by atoms with Crippen LogP contribution >= 0.6 is 0 Å². The van der Waals surface area contributed by atoms with Crippen LogP contribution < -0.4 is 10.5 Å². The molecule has 0 radical (unpaired) electrons. The average Bonchev–Trinajstić information content (AvgIpc) is 2.27. The number of ether oxygens (including phenoxy) is 1. The Bertz CT molecular complexity index is 341. The largest absolute Gasteiger partial charge is 0.491 e. The average molecular weight is 254 g/mol. The molecule has 1 aromatic rings. The van der Waals surface area contributed by atoms with Crippen molar-refractivity contribution in [3.63, 3.8) is 0 Å². The van der Waals surface area contributed by atoms with Crippen LogP contribution in [0.1, 0.15) is 6.92 Å². The summed E-state index contributed by atoms with van der Waals surface area (Å²) in [5, 5.41) is 19.0. The first-order valence-corrected chi connectivity index (χ1v) is 6.00. The van der Waals surface area contributed by atoms with Gasteiger partial charge in [0.25, 0.3) is 0 Å². The summed E-state index contributed by atoms with van der Waals surface area (Å²) in [5.74, 6) is 0.682. The highest BCUT2D eigenvalue weighted by atomic mass is 16.5. The number of rotatable bonds is 7. The Morgan fingerprint density at radius 3 is 2.39 bits per heavy atom. The summed E-state index contributed by atoms with van der Waals surface area (Å²) in [7, 11) is 1.85. The van der Waals surface area contributed by atoms with Crippen LogP contribution in [0.3, 0.4) is 0 Å². The fourth-order valence-electron chi connectivity index (χ4n) is 1.69. The molecule has 0 bridgehead atoms. The van der Waals surface area contributed by atoms with Gasteiger partial charge in [0.15, 0.2) is 0 Å². The van der Waals surface area contributed by atoms with Crippen LogP contribution in [0, 0.1) is 0 Å². The van der Waals surface area contributed by atoms with Crippen LogP contribution in [-0.4, -0.2) is 54.1 Å². The molecule has 1 aromatic carbocycles. The SMILES string of the molecule is CC(O)CN(C)CC(O)COc1ccc(N)cc1. The molecule has 0 aliphatic carbocycles. The van der Waals surface area contributed by atoms with Gasteiger partial charge in [-0.3, -0.25) is 0 Å². The van der Waals surface area contributed by atoms with Crippen LogP contribution in [0.25, 0.3) is 0 Å². The van der Waals surface area contributed by atoms with Crippen molar-refractivity contribution in [1.82, 2.24) is 4.90 Å².